The number of hydrogen-bond acceptors (Lipinski definition) is 5. The number of carbonyl (C=O) groups excluding carboxylic acids is 2. The molecule has 0 bridgehead atoms. The maximum Gasteiger partial charge on any atom is 0.264 e. The highest BCUT2D eigenvalue weighted by atomic mass is 35.5. The van der Waals surface area contributed by atoms with E-state index in [0.717, 1.165) is 15.4 Å². The van der Waals surface area contributed by atoms with Crippen molar-refractivity contribution in [3.63, 3.8) is 0 Å². The monoisotopic (exact) mass is 557 g/mol. The van der Waals surface area contributed by atoms with Crippen LogP contribution in [0.4, 0.5) is 5.69 Å². The summed E-state index contributed by atoms with van der Waals surface area (Å²) in [5.41, 5.74) is 2.52. The molecule has 0 aliphatic carbocycles. The highest BCUT2D eigenvalue weighted by Gasteiger charge is 2.33. The van der Waals surface area contributed by atoms with Gasteiger partial charge in [0.2, 0.25) is 11.8 Å². The van der Waals surface area contributed by atoms with Crippen LogP contribution in [0, 0.1) is 13.8 Å². The Balaban J connectivity index is 2.08. The number of carbonyl (C=O) groups is 2. The number of ether oxygens (including phenoxy) is 1. The third-order valence-electron chi connectivity index (χ3n) is 6.23. The van der Waals surface area contributed by atoms with Gasteiger partial charge in [0, 0.05) is 18.6 Å². The average molecular weight is 558 g/mol. The van der Waals surface area contributed by atoms with Gasteiger partial charge in [0.25, 0.3) is 10.0 Å². The number of nitrogens with one attached hydrogen (secondary N) is 1. The number of methoxy groups -OCH3 is 1. The first-order chi connectivity index (χ1) is 18.0. The van der Waals surface area contributed by atoms with Crippen LogP contribution in [0.15, 0.2) is 71.6 Å². The highest BCUT2D eigenvalue weighted by Crippen LogP contribution is 2.30. The summed E-state index contributed by atoms with van der Waals surface area (Å²) in [6, 6.07) is 17.5. The molecule has 0 heterocycles. The van der Waals surface area contributed by atoms with E-state index in [1.165, 1.54) is 37.3 Å². The fourth-order valence-corrected chi connectivity index (χ4v) is 5.60. The van der Waals surface area contributed by atoms with Crippen molar-refractivity contribution in [1.29, 1.82) is 0 Å². The molecule has 0 spiro atoms. The first kappa shape index (κ1) is 29.0. The van der Waals surface area contributed by atoms with Crippen LogP contribution in [0.2, 0.25) is 5.02 Å². The number of amides is 2. The number of likely N-dealkylation sites (N-methyl/N-ethyl adjacent to an activating group) is 1. The quantitative estimate of drug-likeness (QED) is 0.400. The van der Waals surface area contributed by atoms with Gasteiger partial charge in [0.1, 0.15) is 18.3 Å². The summed E-state index contributed by atoms with van der Waals surface area (Å²) in [4.78, 5) is 27.8. The molecular formula is C28H32ClN3O5S. The largest absolute Gasteiger partial charge is 0.497 e. The summed E-state index contributed by atoms with van der Waals surface area (Å²) in [7, 11) is -1.15. The summed E-state index contributed by atoms with van der Waals surface area (Å²) in [5, 5.41) is 2.89. The van der Waals surface area contributed by atoms with E-state index in [2.05, 4.69) is 5.32 Å². The number of nitrogens with zero attached hydrogens (tertiary/aromatic N) is 2. The van der Waals surface area contributed by atoms with E-state index in [1.54, 1.807) is 62.4 Å². The minimum absolute atomic E-state index is 0.0361. The molecule has 8 nitrogen and oxygen atoms in total. The Morgan fingerprint density at radius 2 is 1.71 bits per heavy atom. The lowest BCUT2D eigenvalue weighted by atomic mass is 10.1. The van der Waals surface area contributed by atoms with E-state index in [-0.39, 0.29) is 23.0 Å². The van der Waals surface area contributed by atoms with Crippen molar-refractivity contribution in [1.82, 2.24) is 10.2 Å². The van der Waals surface area contributed by atoms with Crippen molar-refractivity contribution in [2.75, 3.05) is 25.0 Å². The molecule has 0 aliphatic rings. The lowest BCUT2D eigenvalue weighted by Crippen LogP contribution is -2.50. The van der Waals surface area contributed by atoms with Crippen LogP contribution in [-0.4, -0.2) is 51.9 Å². The van der Waals surface area contributed by atoms with Gasteiger partial charge in [-0.2, -0.15) is 0 Å². The summed E-state index contributed by atoms with van der Waals surface area (Å²) in [6.45, 7) is 4.73. The van der Waals surface area contributed by atoms with E-state index in [4.69, 9.17) is 16.3 Å². The second kappa shape index (κ2) is 12.3. The topological polar surface area (TPSA) is 96.0 Å². The fraction of sp³-hybridized carbons (Fsp3) is 0.286. The lowest BCUT2D eigenvalue weighted by molar-refractivity contribution is -0.139. The van der Waals surface area contributed by atoms with Gasteiger partial charge < -0.3 is 15.0 Å². The minimum Gasteiger partial charge on any atom is -0.497 e. The molecule has 3 aromatic carbocycles. The zero-order valence-corrected chi connectivity index (χ0v) is 23.6. The SMILES string of the molecule is CNC(=O)[C@H](C)N(Cc1cccc(OC)c1)C(=O)CN(c1cc(Cl)ccc1C)S(=O)(=O)c1ccc(C)cc1. The van der Waals surface area contributed by atoms with Crippen LogP contribution in [0.25, 0.3) is 0 Å². The Morgan fingerprint density at radius 1 is 1.03 bits per heavy atom. The maximum absolute atomic E-state index is 13.9. The predicted molar refractivity (Wildman–Crippen MR) is 149 cm³/mol. The molecule has 3 rings (SSSR count). The third-order valence-corrected chi connectivity index (χ3v) is 8.24. The first-order valence-electron chi connectivity index (χ1n) is 12.0. The molecule has 3 aromatic rings. The molecule has 2 amide bonds. The zero-order chi connectivity index (χ0) is 28.0. The van der Waals surface area contributed by atoms with E-state index in [0.29, 0.717) is 16.3 Å². The second-order valence-corrected chi connectivity index (χ2v) is 11.2. The van der Waals surface area contributed by atoms with E-state index in [9.17, 15) is 18.0 Å². The van der Waals surface area contributed by atoms with Crippen LogP contribution in [0.3, 0.4) is 0 Å². The number of hydrogen-bond donors (Lipinski definition) is 1. The highest BCUT2D eigenvalue weighted by molar-refractivity contribution is 7.92. The Bertz CT molecular complexity index is 1410. The van der Waals surface area contributed by atoms with E-state index in [1.807, 2.05) is 6.92 Å². The van der Waals surface area contributed by atoms with Gasteiger partial charge in [-0.1, -0.05) is 47.5 Å². The van der Waals surface area contributed by atoms with Crippen LogP contribution in [0.5, 0.6) is 5.75 Å². The van der Waals surface area contributed by atoms with Gasteiger partial charge in [-0.15, -0.1) is 0 Å². The number of benzene rings is 3. The number of anilines is 1. The molecule has 202 valence electrons. The van der Waals surface area contributed by atoms with Crippen molar-refractivity contribution in [3.8, 4) is 5.75 Å². The predicted octanol–water partition coefficient (Wildman–Crippen LogP) is 4.32. The Labute approximate surface area is 229 Å². The molecule has 0 fully saturated rings. The van der Waals surface area contributed by atoms with E-state index >= 15 is 0 Å². The van der Waals surface area contributed by atoms with Gasteiger partial charge in [-0.25, -0.2) is 8.42 Å². The van der Waals surface area contributed by atoms with Crippen LogP contribution in [0.1, 0.15) is 23.6 Å². The summed E-state index contributed by atoms with van der Waals surface area (Å²) >= 11 is 6.24. The smallest absolute Gasteiger partial charge is 0.264 e. The molecule has 0 saturated heterocycles. The van der Waals surface area contributed by atoms with E-state index < -0.39 is 28.5 Å². The Kier molecular flexibility index (Phi) is 9.40. The minimum atomic E-state index is -4.17. The molecule has 0 saturated carbocycles. The molecule has 10 heteroatoms. The van der Waals surface area contributed by atoms with Crippen molar-refractivity contribution in [2.45, 2.75) is 38.3 Å². The Hall–Kier alpha value is -3.56. The molecule has 0 aromatic heterocycles. The molecule has 1 atom stereocenters. The second-order valence-electron chi connectivity index (χ2n) is 8.92. The summed E-state index contributed by atoms with van der Waals surface area (Å²) in [6.07, 6.45) is 0. The van der Waals surface area contributed by atoms with Gasteiger partial charge >= 0.3 is 0 Å². The van der Waals surface area contributed by atoms with Crippen LogP contribution >= 0.6 is 11.6 Å². The Morgan fingerprint density at radius 3 is 2.34 bits per heavy atom. The normalized spacial score (nSPS) is 11.9. The molecule has 0 aliphatic heterocycles. The molecular weight excluding hydrogens is 526 g/mol. The molecule has 1 N–H and O–H groups in total. The van der Waals surface area contributed by atoms with Crippen LogP contribution in [-0.2, 0) is 26.2 Å². The van der Waals surface area contributed by atoms with Gasteiger partial charge in [0.05, 0.1) is 17.7 Å². The van der Waals surface area contributed by atoms with Crippen LogP contribution < -0.4 is 14.4 Å². The molecule has 0 radical (unpaired) electrons. The standard InChI is InChI=1S/C28H32ClN3O5S/c1-19-9-13-25(14-10-19)38(35,36)32(26-16-23(29)12-11-20(26)2)18-27(33)31(21(3)28(34)30-4)17-22-7-6-8-24(15-22)37-5/h6-16,21H,17-18H2,1-5H3,(H,30,34)/t21-/m0/s1. The van der Waals surface area contributed by atoms with Crippen molar-refractivity contribution >= 4 is 39.1 Å². The maximum atomic E-state index is 13.9. The van der Waals surface area contributed by atoms with Crippen molar-refractivity contribution in [2.24, 2.45) is 0 Å². The number of rotatable bonds is 10. The average Bonchev–Trinajstić information content (AvgIpc) is 2.91. The van der Waals surface area contributed by atoms with Gasteiger partial charge in [0.15, 0.2) is 0 Å². The number of sulfonamides is 1. The zero-order valence-electron chi connectivity index (χ0n) is 22.1. The van der Waals surface area contributed by atoms with Crippen molar-refractivity contribution in [3.05, 3.63) is 88.4 Å². The fourth-order valence-electron chi connectivity index (χ4n) is 3.96. The molecule has 0 unspecified atom stereocenters. The lowest BCUT2D eigenvalue weighted by Gasteiger charge is -2.32. The third kappa shape index (κ3) is 6.65. The molecule has 38 heavy (non-hydrogen) atoms. The van der Waals surface area contributed by atoms with Crippen molar-refractivity contribution < 1.29 is 22.7 Å². The first-order valence-corrected chi connectivity index (χ1v) is 13.8. The van der Waals surface area contributed by atoms with Gasteiger partial charge in [-0.3, -0.25) is 13.9 Å². The van der Waals surface area contributed by atoms with Gasteiger partial charge in [-0.05, 0) is 68.3 Å². The summed E-state index contributed by atoms with van der Waals surface area (Å²) in [5.74, 6) is -0.340. The number of halogens is 1. The number of aryl methyl sites for hydroxylation is 2. The summed E-state index contributed by atoms with van der Waals surface area (Å²) < 4.78 is 34.1.